The number of nitriles is 1. The highest BCUT2D eigenvalue weighted by molar-refractivity contribution is 5.17. The van der Waals surface area contributed by atoms with Crippen molar-refractivity contribution in [3.63, 3.8) is 0 Å². The molecule has 1 aromatic heterocycles. The quantitative estimate of drug-likeness (QED) is 0.853. The van der Waals surface area contributed by atoms with Crippen LogP contribution in [0.2, 0.25) is 0 Å². The molecule has 1 aromatic carbocycles. The van der Waals surface area contributed by atoms with Gasteiger partial charge in [-0.2, -0.15) is 10.4 Å². The first-order valence-electron chi connectivity index (χ1n) is 6.87. The van der Waals surface area contributed by atoms with E-state index in [1.54, 1.807) is 0 Å². The molecule has 0 aliphatic carbocycles. The second-order valence-electron chi connectivity index (χ2n) is 5.65. The SMILES string of the molecule is Cc1cnn(C2(CC#N)CN(Cc3ccccc3)C2)c1. The van der Waals surface area contributed by atoms with Crippen LogP contribution in [0.3, 0.4) is 0 Å². The summed E-state index contributed by atoms with van der Waals surface area (Å²) < 4.78 is 1.98. The van der Waals surface area contributed by atoms with Crippen LogP contribution in [-0.2, 0) is 12.1 Å². The Hall–Kier alpha value is -2.12. The third-order valence-electron chi connectivity index (χ3n) is 3.89. The topological polar surface area (TPSA) is 44.9 Å². The van der Waals surface area contributed by atoms with Gasteiger partial charge in [-0.05, 0) is 18.1 Å². The van der Waals surface area contributed by atoms with E-state index in [0.29, 0.717) is 6.42 Å². The lowest BCUT2D eigenvalue weighted by atomic mass is 9.86. The number of nitrogens with zero attached hydrogens (tertiary/aromatic N) is 4. The van der Waals surface area contributed by atoms with Gasteiger partial charge in [0, 0.05) is 25.8 Å². The first-order valence-corrected chi connectivity index (χ1v) is 6.87. The van der Waals surface area contributed by atoms with Crippen LogP contribution in [-0.4, -0.2) is 27.8 Å². The largest absolute Gasteiger partial charge is 0.294 e. The van der Waals surface area contributed by atoms with Gasteiger partial charge >= 0.3 is 0 Å². The number of aryl methyl sites for hydroxylation is 1. The summed E-state index contributed by atoms with van der Waals surface area (Å²) in [5, 5.41) is 13.5. The van der Waals surface area contributed by atoms with Crippen molar-refractivity contribution in [2.75, 3.05) is 13.1 Å². The van der Waals surface area contributed by atoms with Crippen LogP contribution < -0.4 is 0 Å². The fourth-order valence-corrected chi connectivity index (χ4v) is 2.90. The molecular weight excluding hydrogens is 248 g/mol. The minimum absolute atomic E-state index is 0.141. The van der Waals surface area contributed by atoms with E-state index in [9.17, 15) is 0 Å². The molecule has 1 saturated heterocycles. The molecule has 0 bridgehead atoms. The molecule has 0 N–H and O–H groups in total. The lowest BCUT2D eigenvalue weighted by Gasteiger charge is -2.49. The molecule has 2 aromatic rings. The smallest absolute Gasteiger partial charge is 0.101 e. The molecule has 0 spiro atoms. The summed E-state index contributed by atoms with van der Waals surface area (Å²) >= 11 is 0. The monoisotopic (exact) mass is 266 g/mol. The lowest BCUT2D eigenvalue weighted by molar-refractivity contribution is -0.000960. The zero-order valence-corrected chi connectivity index (χ0v) is 11.7. The number of aromatic nitrogens is 2. The van der Waals surface area contributed by atoms with Crippen molar-refractivity contribution in [2.45, 2.75) is 25.4 Å². The average molecular weight is 266 g/mol. The zero-order valence-electron chi connectivity index (χ0n) is 11.7. The normalized spacial score (nSPS) is 17.4. The van der Waals surface area contributed by atoms with Gasteiger partial charge < -0.3 is 0 Å². The highest BCUT2D eigenvalue weighted by Crippen LogP contribution is 2.33. The summed E-state index contributed by atoms with van der Waals surface area (Å²) in [6.45, 7) is 4.74. The molecule has 0 radical (unpaired) electrons. The summed E-state index contributed by atoms with van der Waals surface area (Å²) in [4.78, 5) is 2.36. The fraction of sp³-hybridized carbons (Fsp3) is 0.375. The van der Waals surface area contributed by atoms with Gasteiger partial charge in [-0.3, -0.25) is 9.58 Å². The van der Waals surface area contributed by atoms with E-state index in [-0.39, 0.29) is 5.54 Å². The van der Waals surface area contributed by atoms with Gasteiger partial charge in [-0.25, -0.2) is 0 Å². The molecule has 2 heterocycles. The summed E-state index contributed by atoms with van der Waals surface area (Å²) in [6, 6.07) is 12.8. The van der Waals surface area contributed by atoms with Crippen molar-refractivity contribution in [2.24, 2.45) is 0 Å². The van der Waals surface area contributed by atoms with Crippen molar-refractivity contribution in [1.29, 1.82) is 5.26 Å². The molecule has 4 nitrogen and oxygen atoms in total. The number of likely N-dealkylation sites (tertiary alicyclic amines) is 1. The van der Waals surface area contributed by atoms with Crippen molar-refractivity contribution in [3.05, 3.63) is 53.9 Å². The number of benzene rings is 1. The Morgan fingerprint density at radius 1 is 1.30 bits per heavy atom. The van der Waals surface area contributed by atoms with Gasteiger partial charge in [0.15, 0.2) is 0 Å². The maximum absolute atomic E-state index is 9.10. The van der Waals surface area contributed by atoms with Crippen molar-refractivity contribution < 1.29 is 0 Å². The van der Waals surface area contributed by atoms with Gasteiger partial charge in [0.25, 0.3) is 0 Å². The van der Waals surface area contributed by atoms with Gasteiger partial charge in [0.1, 0.15) is 5.54 Å². The van der Waals surface area contributed by atoms with E-state index < -0.39 is 0 Å². The van der Waals surface area contributed by atoms with Gasteiger partial charge in [-0.15, -0.1) is 0 Å². The van der Waals surface area contributed by atoms with E-state index in [2.05, 4.69) is 40.3 Å². The molecule has 102 valence electrons. The minimum atomic E-state index is -0.141. The number of hydrogen-bond donors (Lipinski definition) is 0. The zero-order chi connectivity index (χ0) is 14.0. The van der Waals surface area contributed by atoms with Crippen LogP contribution in [0.25, 0.3) is 0 Å². The Bertz CT molecular complexity index is 617. The van der Waals surface area contributed by atoms with Gasteiger partial charge in [-0.1, -0.05) is 30.3 Å². The van der Waals surface area contributed by atoms with Crippen LogP contribution in [0.15, 0.2) is 42.7 Å². The Balaban J connectivity index is 1.70. The fourth-order valence-electron chi connectivity index (χ4n) is 2.90. The molecule has 1 aliphatic rings. The summed E-state index contributed by atoms with van der Waals surface area (Å²) in [5.41, 5.74) is 2.32. The average Bonchev–Trinajstić information content (AvgIpc) is 2.84. The summed E-state index contributed by atoms with van der Waals surface area (Å²) in [7, 11) is 0. The molecule has 1 aliphatic heterocycles. The molecule has 0 amide bonds. The van der Waals surface area contributed by atoms with Crippen LogP contribution in [0.1, 0.15) is 17.5 Å². The van der Waals surface area contributed by atoms with E-state index in [1.807, 2.05) is 30.1 Å². The molecule has 1 fully saturated rings. The first kappa shape index (κ1) is 12.9. The molecule has 0 saturated carbocycles. The second kappa shape index (κ2) is 5.10. The van der Waals surface area contributed by atoms with E-state index >= 15 is 0 Å². The molecule has 0 atom stereocenters. The predicted molar refractivity (Wildman–Crippen MR) is 76.9 cm³/mol. The van der Waals surface area contributed by atoms with E-state index in [1.165, 1.54) is 5.56 Å². The van der Waals surface area contributed by atoms with Crippen LogP contribution in [0, 0.1) is 18.3 Å². The van der Waals surface area contributed by atoms with Gasteiger partial charge in [0.2, 0.25) is 0 Å². The highest BCUT2D eigenvalue weighted by atomic mass is 15.4. The third kappa shape index (κ3) is 2.33. The molecule has 4 heteroatoms. The van der Waals surface area contributed by atoms with Crippen molar-refractivity contribution in [1.82, 2.24) is 14.7 Å². The van der Waals surface area contributed by atoms with E-state index in [0.717, 1.165) is 25.2 Å². The Kier molecular flexibility index (Phi) is 3.29. The maximum Gasteiger partial charge on any atom is 0.101 e. The molecule has 3 rings (SSSR count). The summed E-state index contributed by atoms with van der Waals surface area (Å²) in [5.74, 6) is 0. The third-order valence-corrected chi connectivity index (χ3v) is 3.89. The Morgan fingerprint density at radius 3 is 2.65 bits per heavy atom. The predicted octanol–water partition coefficient (Wildman–Crippen LogP) is 2.32. The summed E-state index contributed by atoms with van der Waals surface area (Å²) in [6.07, 6.45) is 4.41. The van der Waals surface area contributed by atoms with Crippen molar-refractivity contribution in [3.8, 4) is 6.07 Å². The standard InChI is InChI=1S/C16H18N4/c1-14-9-18-20(10-14)16(7-8-17)12-19(13-16)11-15-5-3-2-4-6-15/h2-6,9-10H,7,11-13H2,1H3. The molecular formula is C16H18N4. The molecule has 0 unspecified atom stereocenters. The maximum atomic E-state index is 9.10. The molecule has 20 heavy (non-hydrogen) atoms. The van der Waals surface area contributed by atoms with Crippen LogP contribution in [0.5, 0.6) is 0 Å². The number of rotatable bonds is 4. The van der Waals surface area contributed by atoms with Gasteiger partial charge in [0.05, 0.1) is 18.7 Å². The minimum Gasteiger partial charge on any atom is -0.294 e. The lowest BCUT2D eigenvalue weighted by Crippen LogP contribution is -2.62. The van der Waals surface area contributed by atoms with Crippen LogP contribution >= 0.6 is 0 Å². The Morgan fingerprint density at radius 2 is 2.05 bits per heavy atom. The highest BCUT2D eigenvalue weighted by Gasteiger charge is 2.45. The van der Waals surface area contributed by atoms with Crippen LogP contribution in [0.4, 0.5) is 0 Å². The van der Waals surface area contributed by atoms with Crippen molar-refractivity contribution >= 4 is 0 Å². The second-order valence-corrected chi connectivity index (χ2v) is 5.65. The Labute approximate surface area is 119 Å². The first-order chi connectivity index (χ1) is 9.72. The van der Waals surface area contributed by atoms with E-state index in [4.69, 9.17) is 5.26 Å². The number of hydrogen-bond acceptors (Lipinski definition) is 3.